The molecule has 0 amide bonds. The monoisotopic (exact) mass is 196 g/mol. The van der Waals surface area contributed by atoms with Crippen LogP contribution in [-0.4, -0.2) is 11.7 Å². The van der Waals surface area contributed by atoms with Crippen LogP contribution in [0.1, 0.15) is 59.8 Å². The minimum atomic E-state index is 0.187. The van der Waals surface area contributed by atoms with Crippen LogP contribution in [0.2, 0.25) is 0 Å². The van der Waals surface area contributed by atoms with Crippen molar-refractivity contribution in [1.82, 2.24) is 0 Å². The van der Waals surface area contributed by atoms with E-state index in [0.29, 0.717) is 11.5 Å². The Morgan fingerprint density at radius 2 is 2.07 bits per heavy atom. The number of rotatable bonds is 2. The summed E-state index contributed by atoms with van der Waals surface area (Å²) in [6, 6.07) is 0. The van der Waals surface area contributed by atoms with Crippen molar-refractivity contribution in [2.24, 2.45) is 11.3 Å². The molecule has 0 spiro atoms. The van der Waals surface area contributed by atoms with Gasteiger partial charge in [0.05, 0.1) is 11.7 Å². The standard InChI is InChI=1S/C13H24O/c1-5-7-13-8-6-10(2)12(4,9-13)14-11(13)3/h10-11H,5-9H2,1-4H3/t10?,11?,12?,13-/m0/s1. The fraction of sp³-hybridized carbons (Fsp3) is 1.00. The lowest BCUT2D eigenvalue weighted by Gasteiger charge is -2.40. The maximum Gasteiger partial charge on any atom is 0.0690 e. The van der Waals surface area contributed by atoms with Gasteiger partial charge in [0.1, 0.15) is 0 Å². The van der Waals surface area contributed by atoms with E-state index in [2.05, 4.69) is 27.7 Å². The number of fused-ring (bicyclic) bond motifs is 2. The summed E-state index contributed by atoms with van der Waals surface area (Å²) in [6.45, 7) is 9.27. The third-order valence-corrected chi connectivity index (χ3v) is 4.88. The summed E-state index contributed by atoms with van der Waals surface area (Å²) in [5.41, 5.74) is 0.711. The van der Waals surface area contributed by atoms with Gasteiger partial charge < -0.3 is 4.74 Å². The van der Waals surface area contributed by atoms with Crippen molar-refractivity contribution in [3.05, 3.63) is 0 Å². The van der Waals surface area contributed by atoms with Gasteiger partial charge in [-0.05, 0) is 50.9 Å². The molecule has 82 valence electrons. The normalized spacial score (nSPS) is 52.3. The van der Waals surface area contributed by atoms with Gasteiger partial charge in [0, 0.05) is 0 Å². The smallest absolute Gasteiger partial charge is 0.0690 e. The summed E-state index contributed by atoms with van der Waals surface area (Å²) in [5, 5.41) is 0. The molecular formula is C13H24O. The van der Waals surface area contributed by atoms with Crippen molar-refractivity contribution in [2.45, 2.75) is 71.5 Å². The van der Waals surface area contributed by atoms with E-state index in [0.717, 1.165) is 5.92 Å². The molecule has 2 aliphatic rings. The van der Waals surface area contributed by atoms with Crippen molar-refractivity contribution < 1.29 is 4.74 Å². The lowest BCUT2D eigenvalue weighted by Crippen LogP contribution is -2.38. The van der Waals surface area contributed by atoms with Crippen molar-refractivity contribution in [3.63, 3.8) is 0 Å². The Bertz CT molecular complexity index is 225. The Morgan fingerprint density at radius 3 is 2.71 bits per heavy atom. The molecule has 14 heavy (non-hydrogen) atoms. The lowest BCUT2D eigenvalue weighted by atomic mass is 9.63. The van der Waals surface area contributed by atoms with E-state index in [-0.39, 0.29) is 5.60 Å². The SMILES string of the molecule is CCC[C@]12CCC(C)C(C)(C1)OC2C. The van der Waals surface area contributed by atoms with Gasteiger partial charge in [-0.15, -0.1) is 0 Å². The van der Waals surface area contributed by atoms with Crippen LogP contribution in [0.5, 0.6) is 0 Å². The summed E-state index contributed by atoms with van der Waals surface area (Å²) in [7, 11) is 0. The van der Waals surface area contributed by atoms with Crippen molar-refractivity contribution >= 4 is 0 Å². The van der Waals surface area contributed by atoms with Crippen molar-refractivity contribution in [3.8, 4) is 0 Å². The Hall–Kier alpha value is -0.0400. The minimum Gasteiger partial charge on any atom is -0.371 e. The van der Waals surface area contributed by atoms with Crippen LogP contribution in [0.3, 0.4) is 0 Å². The maximum absolute atomic E-state index is 6.24. The molecule has 0 aromatic rings. The quantitative estimate of drug-likeness (QED) is 0.653. The average Bonchev–Trinajstić information content (AvgIpc) is 2.32. The van der Waals surface area contributed by atoms with E-state index < -0.39 is 0 Å². The molecule has 2 rings (SSSR count). The van der Waals surface area contributed by atoms with Crippen LogP contribution in [0.15, 0.2) is 0 Å². The van der Waals surface area contributed by atoms with E-state index in [1.807, 2.05) is 0 Å². The zero-order chi connectivity index (χ0) is 10.4. The topological polar surface area (TPSA) is 9.23 Å². The molecule has 0 N–H and O–H groups in total. The summed E-state index contributed by atoms with van der Waals surface area (Å²) in [4.78, 5) is 0. The average molecular weight is 196 g/mol. The Morgan fingerprint density at radius 1 is 1.36 bits per heavy atom. The Kier molecular flexibility index (Phi) is 2.42. The molecule has 1 saturated heterocycles. The highest BCUT2D eigenvalue weighted by atomic mass is 16.5. The fourth-order valence-electron chi connectivity index (χ4n) is 3.72. The highest BCUT2D eigenvalue weighted by molar-refractivity contribution is 5.05. The number of hydrogen-bond acceptors (Lipinski definition) is 1. The first-order valence-electron chi connectivity index (χ1n) is 6.20. The minimum absolute atomic E-state index is 0.187. The van der Waals surface area contributed by atoms with Gasteiger partial charge in [0.2, 0.25) is 0 Å². The highest BCUT2D eigenvalue weighted by Crippen LogP contribution is 2.57. The first-order chi connectivity index (χ1) is 6.52. The predicted octanol–water partition coefficient (Wildman–Crippen LogP) is 3.77. The Balaban J connectivity index is 2.22. The third kappa shape index (κ3) is 1.32. The first-order valence-corrected chi connectivity index (χ1v) is 6.20. The van der Waals surface area contributed by atoms with Crippen molar-refractivity contribution in [1.29, 1.82) is 0 Å². The molecule has 1 aliphatic heterocycles. The zero-order valence-corrected chi connectivity index (χ0v) is 10.1. The van der Waals surface area contributed by atoms with Gasteiger partial charge in [-0.2, -0.15) is 0 Å². The van der Waals surface area contributed by atoms with Crippen LogP contribution < -0.4 is 0 Å². The molecule has 1 aliphatic carbocycles. The number of ether oxygens (including phenoxy) is 1. The van der Waals surface area contributed by atoms with E-state index in [4.69, 9.17) is 4.74 Å². The van der Waals surface area contributed by atoms with Crippen LogP contribution in [0.4, 0.5) is 0 Å². The highest BCUT2D eigenvalue weighted by Gasteiger charge is 2.56. The predicted molar refractivity (Wildman–Crippen MR) is 59.3 cm³/mol. The van der Waals surface area contributed by atoms with E-state index in [1.165, 1.54) is 32.1 Å². The van der Waals surface area contributed by atoms with E-state index in [9.17, 15) is 0 Å². The van der Waals surface area contributed by atoms with Crippen LogP contribution >= 0.6 is 0 Å². The van der Waals surface area contributed by atoms with Gasteiger partial charge in [-0.1, -0.05) is 20.3 Å². The van der Waals surface area contributed by atoms with Crippen LogP contribution in [-0.2, 0) is 4.74 Å². The molecule has 2 fully saturated rings. The molecule has 0 radical (unpaired) electrons. The second-order valence-electron chi connectivity index (χ2n) is 5.80. The van der Waals surface area contributed by atoms with Gasteiger partial charge in [0.25, 0.3) is 0 Å². The molecule has 2 bridgehead atoms. The van der Waals surface area contributed by atoms with Crippen LogP contribution in [0, 0.1) is 11.3 Å². The molecule has 0 aromatic heterocycles. The third-order valence-electron chi connectivity index (χ3n) is 4.88. The summed E-state index contributed by atoms with van der Waals surface area (Å²) < 4.78 is 6.24. The number of hydrogen-bond donors (Lipinski definition) is 0. The van der Waals surface area contributed by atoms with Gasteiger partial charge >= 0.3 is 0 Å². The molecular weight excluding hydrogens is 172 g/mol. The largest absolute Gasteiger partial charge is 0.371 e. The van der Waals surface area contributed by atoms with Gasteiger partial charge in [0.15, 0.2) is 0 Å². The molecule has 1 heterocycles. The Labute approximate surface area is 88.2 Å². The fourth-order valence-corrected chi connectivity index (χ4v) is 3.72. The first kappa shape index (κ1) is 10.5. The van der Waals surface area contributed by atoms with Gasteiger partial charge in [-0.3, -0.25) is 0 Å². The summed E-state index contributed by atoms with van der Waals surface area (Å²) >= 11 is 0. The molecule has 3 unspecified atom stereocenters. The summed E-state index contributed by atoms with van der Waals surface area (Å²) in [5.74, 6) is 0.748. The van der Waals surface area contributed by atoms with Crippen molar-refractivity contribution in [2.75, 3.05) is 0 Å². The zero-order valence-electron chi connectivity index (χ0n) is 10.1. The van der Waals surface area contributed by atoms with E-state index in [1.54, 1.807) is 0 Å². The lowest BCUT2D eigenvalue weighted by molar-refractivity contribution is -0.0546. The summed E-state index contributed by atoms with van der Waals surface area (Å²) in [6.07, 6.45) is 7.20. The van der Waals surface area contributed by atoms with E-state index >= 15 is 0 Å². The second-order valence-corrected chi connectivity index (χ2v) is 5.80. The maximum atomic E-state index is 6.24. The molecule has 4 atom stereocenters. The molecule has 1 heteroatoms. The molecule has 0 aromatic carbocycles. The molecule has 1 nitrogen and oxygen atoms in total. The van der Waals surface area contributed by atoms with Crippen LogP contribution in [0.25, 0.3) is 0 Å². The van der Waals surface area contributed by atoms with Gasteiger partial charge in [-0.25, -0.2) is 0 Å². The molecule has 1 saturated carbocycles. The second kappa shape index (κ2) is 3.23.